The third-order valence-corrected chi connectivity index (χ3v) is 4.50. The predicted molar refractivity (Wildman–Crippen MR) is 78.8 cm³/mol. The molecule has 1 saturated carbocycles. The van der Waals surface area contributed by atoms with Gasteiger partial charge in [-0.2, -0.15) is 0 Å². The standard InChI is InChI=1S/C18H24/c1-5-17(18-8-6-7-14(18)3)12-16-10-9-13(2)15(4)11-16/h9-11,14,18H,1,6-8,12H2,2-4H3/t14?,18-/m1/s1. The normalized spacial score (nSPS) is 22.8. The molecule has 0 bridgehead atoms. The number of allylic oxidation sites excluding steroid dienone is 1. The third kappa shape index (κ3) is 2.76. The Bertz CT molecular complexity index is 475. The second-order valence-corrected chi connectivity index (χ2v) is 5.81. The summed E-state index contributed by atoms with van der Waals surface area (Å²) in [5.41, 5.74) is 8.81. The summed E-state index contributed by atoms with van der Waals surface area (Å²) in [4.78, 5) is 0. The van der Waals surface area contributed by atoms with E-state index in [9.17, 15) is 0 Å². The molecule has 0 heteroatoms. The van der Waals surface area contributed by atoms with E-state index < -0.39 is 0 Å². The molecule has 18 heavy (non-hydrogen) atoms. The summed E-state index contributed by atoms with van der Waals surface area (Å²) in [5.74, 6) is 1.52. The van der Waals surface area contributed by atoms with E-state index in [0.29, 0.717) is 5.92 Å². The maximum atomic E-state index is 3.91. The van der Waals surface area contributed by atoms with Crippen LogP contribution in [0.2, 0.25) is 0 Å². The van der Waals surface area contributed by atoms with Crippen molar-refractivity contribution in [3.8, 4) is 0 Å². The highest BCUT2D eigenvalue weighted by Gasteiger charge is 2.26. The minimum atomic E-state index is 0.712. The van der Waals surface area contributed by atoms with E-state index in [0.717, 1.165) is 12.3 Å². The van der Waals surface area contributed by atoms with Crippen LogP contribution < -0.4 is 0 Å². The van der Waals surface area contributed by atoms with Crippen LogP contribution in [0, 0.1) is 25.7 Å². The molecule has 0 radical (unpaired) electrons. The molecule has 0 amide bonds. The predicted octanol–water partition coefficient (Wildman–Crippen LogP) is 4.99. The van der Waals surface area contributed by atoms with Crippen LogP contribution in [-0.2, 0) is 6.42 Å². The molecule has 0 saturated heterocycles. The largest absolute Gasteiger partial charge is 0.129 e. The molecule has 1 fully saturated rings. The highest BCUT2D eigenvalue weighted by atomic mass is 14.3. The molecule has 0 aliphatic heterocycles. The summed E-state index contributed by atoms with van der Waals surface area (Å²) in [6.45, 7) is 10.6. The van der Waals surface area contributed by atoms with E-state index in [-0.39, 0.29) is 0 Å². The first kappa shape index (κ1) is 13.2. The lowest BCUT2D eigenvalue weighted by atomic mass is 9.86. The summed E-state index contributed by atoms with van der Waals surface area (Å²) in [6, 6.07) is 6.79. The van der Waals surface area contributed by atoms with Gasteiger partial charge >= 0.3 is 0 Å². The first-order chi connectivity index (χ1) is 8.61. The lowest BCUT2D eigenvalue weighted by molar-refractivity contribution is 0.473. The highest BCUT2D eigenvalue weighted by molar-refractivity contribution is 5.32. The van der Waals surface area contributed by atoms with Crippen molar-refractivity contribution in [2.45, 2.75) is 46.5 Å². The van der Waals surface area contributed by atoms with Gasteiger partial charge in [-0.05, 0) is 54.4 Å². The van der Waals surface area contributed by atoms with Crippen LogP contribution in [0.1, 0.15) is 42.9 Å². The lowest BCUT2D eigenvalue weighted by Crippen LogP contribution is -2.09. The number of hydrogen-bond donors (Lipinski definition) is 0. The van der Waals surface area contributed by atoms with Crippen molar-refractivity contribution in [1.82, 2.24) is 0 Å². The molecule has 1 aromatic carbocycles. The average Bonchev–Trinajstić information content (AvgIpc) is 2.77. The molecule has 0 nitrogen and oxygen atoms in total. The van der Waals surface area contributed by atoms with Crippen molar-refractivity contribution >= 4 is 0 Å². The van der Waals surface area contributed by atoms with Gasteiger partial charge in [-0.1, -0.05) is 44.5 Å². The Kier molecular flexibility index (Phi) is 4.09. The molecule has 0 spiro atoms. The van der Waals surface area contributed by atoms with Gasteiger partial charge in [0, 0.05) is 6.42 Å². The van der Waals surface area contributed by atoms with Crippen LogP contribution >= 0.6 is 0 Å². The minimum Gasteiger partial charge on any atom is -0.129 e. The van der Waals surface area contributed by atoms with Crippen molar-refractivity contribution in [1.29, 1.82) is 0 Å². The number of rotatable bonds is 3. The average molecular weight is 240 g/mol. The van der Waals surface area contributed by atoms with Gasteiger partial charge in [0.1, 0.15) is 0 Å². The second-order valence-electron chi connectivity index (χ2n) is 5.81. The quantitative estimate of drug-likeness (QED) is 0.653. The van der Waals surface area contributed by atoms with Crippen molar-refractivity contribution in [2.24, 2.45) is 11.8 Å². The minimum absolute atomic E-state index is 0.712. The molecule has 2 atom stereocenters. The fourth-order valence-electron chi connectivity index (χ4n) is 3.12. The fraction of sp³-hybridized carbons (Fsp3) is 0.500. The molecule has 0 aromatic heterocycles. The van der Waals surface area contributed by atoms with Gasteiger partial charge < -0.3 is 0 Å². The first-order valence-electron chi connectivity index (χ1n) is 7.06. The van der Waals surface area contributed by atoms with Gasteiger partial charge in [-0.25, -0.2) is 0 Å². The van der Waals surface area contributed by atoms with Gasteiger partial charge in [0.05, 0.1) is 0 Å². The second kappa shape index (κ2) is 5.59. The van der Waals surface area contributed by atoms with E-state index in [4.69, 9.17) is 0 Å². The van der Waals surface area contributed by atoms with Crippen molar-refractivity contribution in [3.05, 3.63) is 52.8 Å². The van der Waals surface area contributed by atoms with Gasteiger partial charge in [0.25, 0.3) is 0 Å². The molecule has 0 heterocycles. The van der Waals surface area contributed by atoms with E-state index in [1.165, 1.54) is 41.5 Å². The van der Waals surface area contributed by atoms with Crippen LogP contribution in [0.3, 0.4) is 0 Å². The zero-order valence-corrected chi connectivity index (χ0v) is 11.9. The maximum absolute atomic E-state index is 3.91. The summed E-state index contributed by atoms with van der Waals surface area (Å²) >= 11 is 0. The van der Waals surface area contributed by atoms with Gasteiger partial charge in [0.15, 0.2) is 0 Å². The zero-order valence-electron chi connectivity index (χ0n) is 11.9. The third-order valence-electron chi connectivity index (χ3n) is 4.50. The van der Waals surface area contributed by atoms with Gasteiger partial charge in [-0.15, -0.1) is 5.73 Å². The molecular weight excluding hydrogens is 216 g/mol. The Morgan fingerprint density at radius 3 is 2.61 bits per heavy atom. The maximum Gasteiger partial charge on any atom is 0.00119 e. The van der Waals surface area contributed by atoms with E-state index in [1.807, 2.05) is 0 Å². The SMILES string of the molecule is C=C=C(Cc1ccc(C)c(C)c1)[C@@H]1CCCC1C. The molecule has 2 rings (SSSR count). The molecule has 1 aliphatic carbocycles. The Hall–Kier alpha value is -1.26. The topological polar surface area (TPSA) is 0 Å². The molecule has 0 N–H and O–H groups in total. The summed E-state index contributed by atoms with van der Waals surface area (Å²) in [6.07, 6.45) is 5.08. The van der Waals surface area contributed by atoms with Crippen molar-refractivity contribution in [3.63, 3.8) is 0 Å². The Balaban J connectivity index is 2.16. The van der Waals surface area contributed by atoms with Crippen molar-refractivity contribution < 1.29 is 0 Å². The molecule has 1 unspecified atom stereocenters. The summed E-state index contributed by atoms with van der Waals surface area (Å²) in [7, 11) is 0. The number of benzene rings is 1. The number of hydrogen-bond acceptors (Lipinski definition) is 0. The first-order valence-corrected chi connectivity index (χ1v) is 7.06. The molecule has 1 aromatic rings. The van der Waals surface area contributed by atoms with Crippen LogP contribution in [0.5, 0.6) is 0 Å². The van der Waals surface area contributed by atoms with Gasteiger partial charge in [0.2, 0.25) is 0 Å². The van der Waals surface area contributed by atoms with Crippen LogP contribution in [-0.4, -0.2) is 0 Å². The van der Waals surface area contributed by atoms with E-state index in [1.54, 1.807) is 0 Å². The fourth-order valence-corrected chi connectivity index (χ4v) is 3.12. The molecule has 96 valence electrons. The number of aryl methyl sites for hydroxylation is 2. The monoisotopic (exact) mass is 240 g/mol. The Morgan fingerprint density at radius 2 is 2.06 bits per heavy atom. The highest BCUT2D eigenvalue weighted by Crippen LogP contribution is 2.37. The zero-order chi connectivity index (χ0) is 13.1. The lowest BCUT2D eigenvalue weighted by Gasteiger charge is -2.18. The smallest absolute Gasteiger partial charge is 0.00119 e. The molecular formula is C18H24. The van der Waals surface area contributed by atoms with Gasteiger partial charge in [-0.3, -0.25) is 0 Å². The Morgan fingerprint density at radius 1 is 1.28 bits per heavy atom. The van der Waals surface area contributed by atoms with Crippen LogP contribution in [0.15, 0.2) is 36.1 Å². The van der Waals surface area contributed by atoms with Crippen LogP contribution in [0.4, 0.5) is 0 Å². The van der Waals surface area contributed by atoms with Crippen molar-refractivity contribution in [2.75, 3.05) is 0 Å². The Labute approximate surface area is 111 Å². The van der Waals surface area contributed by atoms with E-state index in [2.05, 4.69) is 51.3 Å². The summed E-state index contributed by atoms with van der Waals surface area (Å²) in [5, 5.41) is 0. The van der Waals surface area contributed by atoms with E-state index >= 15 is 0 Å². The summed E-state index contributed by atoms with van der Waals surface area (Å²) < 4.78 is 0. The van der Waals surface area contributed by atoms with Crippen LogP contribution in [0.25, 0.3) is 0 Å². The molecule has 1 aliphatic rings.